The number of fused-ring (bicyclic) bond motifs is 1. The van der Waals surface area contributed by atoms with Gasteiger partial charge in [0, 0.05) is 22.4 Å². The largest absolute Gasteiger partial charge is 0.493 e. The third kappa shape index (κ3) is 3.47. The number of aryl methyl sites for hydroxylation is 1. The molecule has 0 spiro atoms. The first kappa shape index (κ1) is 14.6. The Hall–Kier alpha value is -1.32. The second-order valence-corrected chi connectivity index (χ2v) is 6.67. The lowest BCUT2D eigenvalue weighted by Crippen LogP contribution is -2.36. The van der Waals surface area contributed by atoms with Gasteiger partial charge < -0.3 is 10.1 Å². The van der Waals surface area contributed by atoms with E-state index in [1.165, 1.54) is 23.3 Å². The highest BCUT2D eigenvalue weighted by Gasteiger charge is 2.30. The molecule has 112 valence electrons. The lowest BCUT2D eigenvalue weighted by molar-refractivity contribution is 0.292. The molecule has 2 unspecified atom stereocenters. The fourth-order valence-corrected chi connectivity index (χ4v) is 3.77. The van der Waals surface area contributed by atoms with Gasteiger partial charge in [-0.1, -0.05) is 31.2 Å². The third-order valence-corrected chi connectivity index (χ3v) is 5.10. The molecule has 0 aliphatic carbocycles. The van der Waals surface area contributed by atoms with E-state index in [4.69, 9.17) is 4.74 Å². The average Bonchev–Trinajstić information content (AvgIpc) is 3.17. The molecule has 2 aromatic rings. The van der Waals surface area contributed by atoms with E-state index in [-0.39, 0.29) is 0 Å². The summed E-state index contributed by atoms with van der Waals surface area (Å²) in [6, 6.07) is 13.4. The molecule has 1 aromatic heterocycles. The lowest BCUT2D eigenvalue weighted by Gasteiger charge is -2.24. The van der Waals surface area contributed by atoms with Crippen LogP contribution in [0.5, 0.6) is 5.75 Å². The van der Waals surface area contributed by atoms with Gasteiger partial charge in [-0.2, -0.15) is 0 Å². The molecule has 1 aliphatic heterocycles. The molecule has 3 rings (SSSR count). The molecule has 1 aromatic carbocycles. The summed E-state index contributed by atoms with van der Waals surface area (Å²) in [7, 11) is 0. The van der Waals surface area contributed by atoms with Crippen molar-refractivity contribution in [2.24, 2.45) is 0 Å². The van der Waals surface area contributed by atoms with Gasteiger partial charge in [0.2, 0.25) is 0 Å². The fraction of sp³-hybridized carbons (Fsp3) is 0.444. The Morgan fingerprint density at radius 3 is 3.00 bits per heavy atom. The minimum atomic E-state index is 0.479. The standard InChI is InChI=1S/C18H23NOS/c1-2-11-19-17(10-9-14-6-5-12-21-14)16-13-20-18-8-4-3-7-15(16)18/h3-8,12,16-17,19H,2,9-11,13H2,1H3. The van der Waals surface area contributed by atoms with E-state index < -0.39 is 0 Å². The van der Waals surface area contributed by atoms with Crippen LogP contribution in [0, 0.1) is 0 Å². The summed E-state index contributed by atoms with van der Waals surface area (Å²) in [6.07, 6.45) is 3.49. The van der Waals surface area contributed by atoms with Crippen LogP contribution in [0.25, 0.3) is 0 Å². The van der Waals surface area contributed by atoms with Crippen LogP contribution in [0.15, 0.2) is 41.8 Å². The second-order valence-electron chi connectivity index (χ2n) is 5.63. The number of benzene rings is 1. The predicted molar refractivity (Wildman–Crippen MR) is 89.4 cm³/mol. The van der Waals surface area contributed by atoms with Crippen molar-refractivity contribution in [3.8, 4) is 5.75 Å². The summed E-state index contributed by atoms with van der Waals surface area (Å²) >= 11 is 1.86. The number of ether oxygens (including phenoxy) is 1. The van der Waals surface area contributed by atoms with Crippen LogP contribution < -0.4 is 10.1 Å². The summed E-state index contributed by atoms with van der Waals surface area (Å²) < 4.78 is 5.87. The Kier molecular flexibility index (Phi) is 4.94. The number of nitrogens with one attached hydrogen (secondary N) is 1. The first-order valence-electron chi connectivity index (χ1n) is 7.86. The minimum Gasteiger partial charge on any atom is -0.493 e. The van der Waals surface area contributed by atoms with E-state index in [2.05, 4.69) is 54.0 Å². The molecule has 3 heteroatoms. The van der Waals surface area contributed by atoms with Gasteiger partial charge in [0.15, 0.2) is 0 Å². The van der Waals surface area contributed by atoms with Gasteiger partial charge in [0.25, 0.3) is 0 Å². The highest BCUT2D eigenvalue weighted by Crippen LogP contribution is 2.36. The summed E-state index contributed by atoms with van der Waals surface area (Å²) in [5.74, 6) is 1.55. The van der Waals surface area contributed by atoms with Crippen LogP contribution in [0.4, 0.5) is 0 Å². The van der Waals surface area contributed by atoms with Crippen molar-refractivity contribution in [2.45, 2.75) is 38.1 Å². The van der Waals surface area contributed by atoms with Gasteiger partial charge in [-0.25, -0.2) is 0 Å². The summed E-state index contributed by atoms with van der Waals surface area (Å²) in [6.45, 7) is 4.11. The van der Waals surface area contributed by atoms with E-state index in [0.717, 1.165) is 25.3 Å². The van der Waals surface area contributed by atoms with Crippen molar-refractivity contribution in [3.63, 3.8) is 0 Å². The molecule has 2 nitrogen and oxygen atoms in total. The monoisotopic (exact) mass is 301 g/mol. The number of rotatable bonds is 7. The second kappa shape index (κ2) is 7.10. The lowest BCUT2D eigenvalue weighted by atomic mass is 9.90. The van der Waals surface area contributed by atoms with Crippen molar-refractivity contribution in [2.75, 3.05) is 13.2 Å². The van der Waals surface area contributed by atoms with Gasteiger partial charge in [-0.05, 0) is 43.3 Å². The topological polar surface area (TPSA) is 21.3 Å². The molecule has 1 N–H and O–H groups in total. The Balaban J connectivity index is 1.70. The van der Waals surface area contributed by atoms with Crippen LogP contribution in [0.3, 0.4) is 0 Å². The number of hydrogen-bond acceptors (Lipinski definition) is 3. The van der Waals surface area contributed by atoms with Crippen LogP contribution in [0.2, 0.25) is 0 Å². The molecular weight excluding hydrogens is 278 g/mol. The number of para-hydroxylation sites is 1. The molecule has 2 atom stereocenters. The summed E-state index contributed by atoms with van der Waals surface area (Å²) in [5.41, 5.74) is 1.37. The average molecular weight is 301 g/mol. The molecule has 0 amide bonds. The fourth-order valence-electron chi connectivity index (χ4n) is 3.05. The SMILES string of the molecule is CCCNC(CCc1cccs1)C1COc2ccccc21. The highest BCUT2D eigenvalue weighted by atomic mass is 32.1. The number of thiophene rings is 1. The van der Waals surface area contributed by atoms with E-state index >= 15 is 0 Å². The van der Waals surface area contributed by atoms with Crippen molar-refractivity contribution in [1.29, 1.82) is 0 Å². The first-order valence-corrected chi connectivity index (χ1v) is 8.74. The van der Waals surface area contributed by atoms with Crippen molar-refractivity contribution in [1.82, 2.24) is 5.32 Å². The maximum atomic E-state index is 5.87. The Morgan fingerprint density at radius 2 is 2.19 bits per heavy atom. The van der Waals surface area contributed by atoms with E-state index in [1.54, 1.807) is 0 Å². The molecule has 0 radical (unpaired) electrons. The maximum Gasteiger partial charge on any atom is 0.122 e. The zero-order valence-electron chi connectivity index (χ0n) is 12.5. The van der Waals surface area contributed by atoms with Crippen molar-refractivity contribution < 1.29 is 4.74 Å². The molecule has 0 bridgehead atoms. The maximum absolute atomic E-state index is 5.87. The molecule has 21 heavy (non-hydrogen) atoms. The smallest absolute Gasteiger partial charge is 0.122 e. The molecule has 1 aliphatic rings. The predicted octanol–water partition coefficient (Wildman–Crippen LogP) is 4.23. The van der Waals surface area contributed by atoms with E-state index in [9.17, 15) is 0 Å². The zero-order chi connectivity index (χ0) is 14.5. The van der Waals surface area contributed by atoms with Crippen molar-refractivity contribution >= 4 is 11.3 Å². The van der Waals surface area contributed by atoms with E-state index in [0.29, 0.717) is 12.0 Å². The highest BCUT2D eigenvalue weighted by molar-refractivity contribution is 7.09. The normalized spacial score (nSPS) is 18.2. The molecule has 0 saturated carbocycles. The Labute approximate surface area is 131 Å². The van der Waals surface area contributed by atoms with E-state index in [1.807, 2.05) is 11.3 Å². The van der Waals surface area contributed by atoms with Crippen LogP contribution >= 0.6 is 11.3 Å². The van der Waals surface area contributed by atoms with Gasteiger partial charge in [-0.3, -0.25) is 0 Å². The zero-order valence-corrected chi connectivity index (χ0v) is 13.4. The molecule has 0 fully saturated rings. The van der Waals surface area contributed by atoms with Gasteiger partial charge in [0.05, 0.1) is 6.61 Å². The van der Waals surface area contributed by atoms with Crippen LogP contribution in [0.1, 0.15) is 36.1 Å². The Morgan fingerprint density at radius 1 is 1.29 bits per heavy atom. The third-order valence-electron chi connectivity index (χ3n) is 4.16. The molecule has 0 saturated heterocycles. The van der Waals surface area contributed by atoms with Gasteiger partial charge in [0.1, 0.15) is 5.75 Å². The van der Waals surface area contributed by atoms with Gasteiger partial charge >= 0.3 is 0 Å². The van der Waals surface area contributed by atoms with Crippen molar-refractivity contribution in [3.05, 3.63) is 52.2 Å². The summed E-state index contributed by atoms with van der Waals surface area (Å²) in [4.78, 5) is 1.48. The number of hydrogen-bond donors (Lipinski definition) is 1. The van der Waals surface area contributed by atoms with Gasteiger partial charge in [-0.15, -0.1) is 11.3 Å². The molecule has 2 heterocycles. The molecular formula is C18H23NOS. The minimum absolute atomic E-state index is 0.479. The summed E-state index contributed by atoms with van der Waals surface area (Å²) in [5, 5.41) is 5.90. The Bertz CT molecular complexity index is 552. The quantitative estimate of drug-likeness (QED) is 0.826. The van der Waals surface area contributed by atoms with Crippen LogP contribution in [-0.2, 0) is 6.42 Å². The first-order chi connectivity index (χ1) is 10.4. The van der Waals surface area contributed by atoms with Crippen LogP contribution in [-0.4, -0.2) is 19.2 Å².